The molecule has 18 heavy (non-hydrogen) atoms. The lowest BCUT2D eigenvalue weighted by atomic mass is 9.95. The van der Waals surface area contributed by atoms with E-state index >= 15 is 0 Å². The van der Waals surface area contributed by atoms with Crippen molar-refractivity contribution in [3.05, 3.63) is 0 Å². The first-order valence-electron chi connectivity index (χ1n) is 6.22. The highest BCUT2D eigenvalue weighted by Crippen LogP contribution is 2.18. The van der Waals surface area contributed by atoms with Crippen LogP contribution in [0.1, 0.15) is 32.1 Å². The zero-order valence-corrected chi connectivity index (χ0v) is 11.4. The molecule has 1 fully saturated rings. The molecule has 0 aliphatic heterocycles. The maximum atomic E-state index is 11.9. The summed E-state index contributed by atoms with van der Waals surface area (Å²) in [5, 5.41) is 11.4. The van der Waals surface area contributed by atoms with E-state index in [1.165, 1.54) is 31.0 Å². The largest absolute Gasteiger partial charge is 0.368 e. The number of hydrogen-bond donors (Lipinski definition) is 2. The predicted molar refractivity (Wildman–Crippen MR) is 71.2 cm³/mol. The summed E-state index contributed by atoms with van der Waals surface area (Å²) >= 11 is 1.43. The number of thioether (sulfide) groups is 1. The Balaban J connectivity index is 1.91. The van der Waals surface area contributed by atoms with Crippen LogP contribution in [0.25, 0.3) is 0 Å². The summed E-state index contributed by atoms with van der Waals surface area (Å²) in [5.41, 5.74) is 5.69. The van der Waals surface area contributed by atoms with Crippen LogP contribution in [0.3, 0.4) is 0 Å². The fourth-order valence-corrected chi connectivity index (χ4v) is 2.76. The summed E-state index contributed by atoms with van der Waals surface area (Å²) in [6.45, 7) is 0.200. The van der Waals surface area contributed by atoms with Gasteiger partial charge in [-0.15, -0.1) is 10.2 Å². The highest BCUT2D eigenvalue weighted by atomic mass is 32.2. The monoisotopic (exact) mass is 269 g/mol. The molecular formula is C11H19N5OS. The fraction of sp³-hybridized carbons (Fsp3) is 0.727. The van der Waals surface area contributed by atoms with E-state index in [-0.39, 0.29) is 18.4 Å². The van der Waals surface area contributed by atoms with Crippen molar-refractivity contribution in [2.24, 2.45) is 0 Å². The van der Waals surface area contributed by atoms with Gasteiger partial charge in [-0.25, -0.2) is 0 Å². The summed E-state index contributed by atoms with van der Waals surface area (Å²) in [4.78, 5) is 11.9. The number of carbonyl (C=O) groups excluding carboxylic acids is 1. The van der Waals surface area contributed by atoms with Crippen molar-refractivity contribution in [3.63, 3.8) is 0 Å². The second kappa shape index (κ2) is 6.08. The molecule has 0 saturated heterocycles. The molecule has 1 aliphatic rings. The molecule has 1 amide bonds. The first kappa shape index (κ1) is 13.2. The molecule has 0 atom stereocenters. The van der Waals surface area contributed by atoms with Crippen molar-refractivity contribution in [1.82, 2.24) is 20.1 Å². The Hall–Kier alpha value is -1.24. The van der Waals surface area contributed by atoms with E-state index in [0.29, 0.717) is 11.2 Å². The third-order valence-corrected chi connectivity index (χ3v) is 3.87. The molecule has 1 aliphatic carbocycles. The molecule has 1 aromatic heterocycles. The van der Waals surface area contributed by atoms with Gasteiger partial charge in [0, 0.05) is 6.04 Å². The van der Waals surface area contributed by atoms with E-state index in [9.17, 15) is 4.79 Å². The van der Waals surface area contributed by atoms with E-state index in [4.69, 9.17) is 5.73 Å². The normalized spacial score (nSPS) is 16.7. The van der Waals surface area contributed by atoms with Gasteiger partial charge in [-0.05, 0) is 19.1 Å². The molecule has 0 aromatic carbocycles. The number of rotatable bonds is 4. The van der Waals surface area contributed by atoms with Crippen LogP contribution >= 0.6 is 11.8 Å². The van der Waals surface area contributed by atoms with Gasteiger partial charge in [0.2, 0.25) is 11.9 Å². The fourth-order valence-electron chi connectivity index (χ4n) is 2.26. The minimum absolute atomic E-state index is 0.0105. The van der Waals surface area contributed by atoms with Gasteiger partial charge in [-0.2, -0.15) is 0 Å². The van der Waals surface area contributed by atoms with Crippen LogP contribution in [-0.4, -0.2) is 33.0 Å². The maximum absolute atomic E-state index is 11.9. The quantitative estimate of drug-likeness (QED) is 0.797. The van der Waals surface area contributed by atoms with Crippen LogP contribution in [0.5, 0.6) is 0 Å². The van der Waals surface area contributed by atoms with Crippen LogP contribution in [0.4, 0.5) is 5.95 Å². The summed E-state index contributed by atoms with van der Waals surface area (Å²) < 4.78 is 1.64. The summed E-state index contributed by atoms with van der Waals surface area (Å²) in [6, 6.07) is 0.321. The Kier molecular flexibility index (Phi) is 4.46. The third-order valence-electron chi connectivity index (χ3n) is 3.20. The lowest BCUT2D eigenvalue weighted by molar-refractivity contribution is -0.122. The summed E-state index contributed by atoms with van der Waals surface area (Å²) in [5.74, 6) is 0.279. The lowest BCUT2D eigenvalue weighted by Crippen LogP contribution is -2.38. The van der Waals surface area contributed by atoms with E-state index in [1.54, 1.807) is 4.57 Å². The van der Waals surface area contributed by atoms with E-state index in [0.717, 1.165) is 12.8 Å². The van der Waals surface area contributed by atoms with E-state index in [2.05, 4.69) is 15.5 Å². The Morgan fingerprint density at radius 1 is 1.44 bits per heavy atom. The standard InChI is InChI=1S/C11H19N5OS/c1-18-11-15-14-10(12)16(11)7-9(17)13-8-5-3-2-4-6-8/h8H,2-7H2,1H3,(H2,12,14)(H,13,17). The molecule has 100 valence electrons. The Morgan fingerprint density at radius 2 is 2.17 bits per heavy atom. The first-order chi connectivity index (χ1) is 8.70. The van der Waals surface area contributed by atoms with Crippen molar-refractivity contribution in [2.45, 2.75) is 49.8 Å². The SMILES string of the molecule is CSc1nnc(N)n1CC(=O)NC1CCCCC1. The molecule has 1 heterocycles. The number of aromatic nitrogens is 3. The van der Waals surface area contributed by atoms with Crippen LogP contribution in [0.15, 0.2) is 5.16 Å². The number of nitrogens with one attached hydrogen (secondary N) is 1. The van der Waals surface area contributed by atoms with Crippen LogP contribution < -0.4 is 11.1 Å². The molecule has 0 bridgehead atoms. The number of nitrogens with two attached hydrogens (primary N) is 1. The molecule has 0 unspecified atom stereocenters. The predicted octanol–water partition coefficient (Wildman–Crippen LogP) is 1.03. The molecule has 7 heteroatoms. The van der Waals surface area contributed by atoms with Gasteiger partial charge in [0.05, 0.1) is 0 Å². The average molecular weight is 269 g/mol. The minimum atomic E-state index is -0.0105. The smallest absolute Gasteiger partial charge is 0.240 e. The van der Waals surface area contributed by atoms with Crippen LogP contribution in [-0.2, 0) is 11.3 Å². The van der Waals surface area contributed by atoms with Gasteiger partial charge in [0.15, 0.2) is 5.16 Å². The van der Waals surface area contributed by atoms with Crippen molar-refractivity contribution in [2.75, 3.05) is 12.0 Å². The zero-order valence-electron chi connectivity index (χ0n) is 10.6. The second-order valence-electron chi connectivity index (χ2n) is 4.53. The number of anilines is 1. The van der Waals surface area contributed by atoms with Gasteiger partial charge in [-0.3, -0.25) is 9.36 Å². The Morgan fingerprint density at radius 3 is 2.83 bits per heavy atom. The molecule has 0 spiro atoms. The molecule has 0 radical (unpaired) electrons. The number of nitrogens with zero attached hydrogens (tertiary/aromatic N) is 3. The summed E-state index contributed by atoms with van der Waals surface area (Å²) in [6.07, 6.45) is 7.74. The first-order valence-corrected chi connectivity index (χ1v) is 7.45. The van der Waals surface area contributed by atoms with E-state index < -0.39 is 0 Å². The molecule has 6 nitrogen and oxygen atoms in total. The highest BCUT2D eigenvalue weighted by Gasteiger charge is 2.17. The highest BCUT2D eigenvalue weighted by molar-refractivity contribution is 7.98. The van der Waals surface area contributed by atoms with Crippen molar-refractivity contribution >= 4 is 23.6 Å². The van der Waals surface area contributed by atoms with Gasteiger partial charge in [-0.1, -0.05) is 31.0 Å². The Bertz CT molecular complexity index is 414. The van der Waals surface area contributed by atoms with Gasteiger partial charge in [0.1, 0.15) is 6.54 Å². The molecule has 3 N–H and O–H groups in total. The van der Waals surface area contributed by atoms with Crippen molar-refractivity contribution < 1.29 is 4.79 Å². The second-order valence-corrected chi connectivity index (χ2v) is 5.31. The van der Waals surface area contributed by atoms with Crippen molar-refractivity contribution in [3.8, 4) is 0 Å². The average Bonchev–Trinajstić information content (AvgIpc) is 2.72. The Labute approximate surface area is 111 Å². The van der Waals surface area contributed by atoms with Gasteiger partial charge >= 0.3 is 0 Å². The lowest BCUT2D eigenvalue weighted by Gasteiger charge is -2.22. The van der Waals surface area contributed by atoms with E-state index in [1.807, 2.05) is 6.26 Å². The number of carbonyl (C=O) groups is 1. The van der Waals surface area contributed by atoms with Crippen molar-refractivity contribution in [1.29, 1.82) is 0 Å². The minimum Gasteiger partial charge on any atom is -0.368 e. The molecule has 1 aromatic rings. The van der Waals surface area contributed by atoms with Gasteiger partial charge in [0.25, 0.3) is 0 Å². The number of nitrogen functional groups attached to an aromatic ring is 1. The number of amides is 1. The van der Waals surface area contributed by atoms with Crippen LogP contribution in [0, 0.1) is 0 Å². The molecule has 1 saturated carbocycles. The zero-order chi connectivity index (χ0) is 13.0. The topological polar surface area (TPSA) is 85.8 Å². The number of hydrogen-bond acceptors (Lipinski definition) is 5. The molecule has 2 rings (SSSR count). The summed E-state index contributed by atoms with van der Waals surface area (Å²) in [7, 11) is 0. The maximum Gasteiger partial charge on any atom is 0.240 e. The van der Waals surface area contributed by atoms with Gasteiger partial charge < -0.3 is 11.1 Å². The van der Waals surface area contributed by atoms with Crippen LogP contribution in [0.2, 0.25) is 0 Å². The molecular weight excluding hydrogens is 250 g/mol. The third kappa shape index (κ3) is 3.16.